The van der Waals surface area contributed by atoms with E-state index in [1.165, 1.54) is 19.2 Å². The molecule has 0 aliphatic rings. The van der Waals surface area contributed by atoms with Gasteiger partial charge in [0.15, 0.2) is 0 Å². The lowest BCUT2D eigenvalue weighted by Gasteiger charge is -2.22. The Morgan fingerprint density at radius 2 is 1.85 bits per heavy atom. The fourth-order valence-corrected chi connectivity index (χ4v) is 1.90. The molecular formula is C13H17F5N2. The van der Waals surface area contributed by atoms with E-state index in [1.807, 2.05) is 0 Å². The second kappa shape index (κ2) is 6.39. The summed E-state index contributed by atoms with van der Waals surface area (Å²) in [6.07, 6.45) is -7.07. The molecule has 0 heterocycles. The second-order valence-electron chi connectivity index (χ2n) is 4.79. The molecule has 0 bridgehead atoms. The van der Waals surface area contributed by atoms with E-state index in [9.17, 15) is 22.0 Å². The maximum absolute atomic E-state index is 13.0. The smallest absolute Gasteiger partial charge is 0.369 e. The van der Waals surface area contributed by atoms with Crippen molar-refractivity contribution < 1.29 is 22.0 Å². The predicted molar refractivity (Wildman–Crippen MR) is 68.1 cm³/mol. The minimum absolute atomic E-state index is 0.0710. The Balaban J connectivity index is 3.14. The van der Waals surface area contributed by atoms with Crippen LogP contribution in [-0.2, 0) is 12.6 Å². The van der Waals surface area contributed by atoms with Gasteiger partial charge in [0.05, 0.1) is 12.1 Å². The van der Waals surface area contributed by atoms with Crippen molar-refractivity contribution in [2.75, 3.05) is 18.5 Å². The number of anilines is 1. The average Bonchev–Trinajstić information content (AvgIpc) is 2.26. The van der Waals surface area contributed by atoms with Gasteiger partial charge in [0.1, 0.15) is 0 Å². The third-order valence-electron chi connectivity index (χ3n) is 2.79. The molecule has 114 valence electrons. The highest BCUT2D eigenvalue weighted by Crippen LogP contribution is 2.35. The maximum Gasteiger partial charge on any atom is 0.416 e. The van der Waals surface area contributed by atoms with Crippen LogP contribution >= 0.6 is 0 Å². The molecule has 1 aromatic rings. The first-order valence-electron chi connectivity index (χ1n) is 6.06. The largest absolute Gasteiger partial charge is 0.416 e. The molecule has 1 atom stereocenters. The van der Waals surface area contributed by atoms with E-state index < -0.39 is 30.8 Å². The standard InChI is InChI=1S/C13H17F5N2/c1-8(19)5-9-3-4-10(20(2)7-12(14)15)6-11(9)13(16,17)18/h3-4,6,8,12H,5,7,19H2,1-2H3. The number of alkyl halides is 5. The lowest BCUT2D eigenvalue weighted by atomic mass is 10.00. The first-order valence-corrected chi connectivity index (χ1v) is 6.06. The van der Waals surface area contributed by atoms with E-state index in [-0.39, 0.29) is 17.7 Å². The van der Waals surface area contributed by atoms with Gasteiger partial charge < -0.3 is 10.6 Å². The van der Waals surface area contributed by atoms with E-state index in [4.69, 9.17) is 5.73 Å². The van der Waals surface area contributed by atoms with Gasteiger partial charge in [-0.3, -0.25) is 0 Å². The third-order valence-corrected chi connectivity index (χ3v) is 2.79. The monoisotopic (exact) mass is 296 g/mol. The quantitative estimate of drug-likeness (QED) is 0.845. The molecule has 7 heteroatoms. The molecule has 0 spiro atoms. The predicted octanol–water partition coefficient (Wildman–Crippen LogP) is 3.30. The number of halogens is 5. The van der Waals surface area contributed by atoms with Crippen molar-refractivity contribution in [1.29, 1.82) is 0 Å². The summed E-state index contributed by atoms with van der Waals surface area (Å²) in [6, 6.07) is 3.17. The van der Waals surface area contributed by atoms with Crippen molar-refractivity contribution >= 4 is 5.69 Å². The summed E-state index contributed by atoms with van der Waals surface area (Å²) in [4.78, 5) is 1.09. The van der Waals surface area contributed by atoms with Crippen molar-refractivity contribution in [3.8, 4) is 0 Å². The van der Waals surface area contributed by atoms with Crippen LogP contribution in [0.25, 0.3) is 0 Å². The molecule has 0 aliphatic carbocycles. The average molecular weight is 296 g/mol. The number of rotatable bonds is 5. The third kappa shape index (κ3) is 4.63. The van der Waals surface area contributed by atoms with Gasteiger partial charge in [0.25, 0.3) is 6.43 Å². The fourth-order valence-electron chi connectivity index (χ4n) is 1.90. The Bertz CT molecular complexity index is 443. The molecule has 0 aliphatic heterocycles. The number of hydrogen-bond donors (Lipinski definition) is 1. The number of nitrogens with zero attached hydrogens (tertiary/aromatic N) is 1. The van der Waals surface area contributed by atoms with Crippen LogP contribution in [0.4, 0.5) is 27.6 Å². The van der Waals surface area contributed by atoms with Gasteiger partial charge in [-0.1, -0.05) is 6.07 Å². The van der Waals surface area contributed by atoms with Gasteiger partial charge >= 0.3 is 6.18 Å². The minimum atomic E-state index is -4.54. The van der Waals surface area contributed by atoms with Crippen LogP contribution in [0.2, 0.25) is 0 Å². The van der Waals surface area contributed by atoms with Crippen LogP contribution in [0.3, 0.4) is 0 Å². The van der Waals surface area contributed by atoms with Crippen molar-refractivity contribution in [1.82, 2.24) is 0 Å². The molecule has 1 unspecified atom stereocenters. The highest BCUT2D eigenvalue weighted by molar-refractivity contribution is 5.51. The van der Waals surface area contributed by atoms with Crippen LogP contribution < -0.4 is 10.6 Å². The number of nitrogens with two attached hydrogens (primary N) is 1. The molecule has 20 heavy (non-hydrogen) atoms. The fraction of sp³-hybridized carbons (Fsp3) is 0.538. The van der Waals surface area contributed by atoms with Crippen LogP contribution in [-0.4, -0.2) is 26.1 Å². The van der Waals surface area contributed by atoms with Crippen LogP contribution in [0.1, 0.15) is 18.1 Å². The van der Waals surface area contributed by atoms with E-state index in [1.54, 1.807) is 6.92 Å². The lowest BCUT2D eigenvalue weighted by Crippen LogP contribution is -2.25. The summed E-state index contributed by atoms with van der Waals surface area (Å²) >= 11 is 0. The van der Waals surface area contributed by atoms with Crippen molar-refractivity contribution in [3.05, 3.63) is 29.3 Å². The first-order chi connectivity index (χ1) is 9.11. The molecule has 0 fully saturated rings. The normalized spacial score (nSPS) is 13.7. The highest BCUT2D eigenvalue weighted by Gasteiger charge is 2.34. The van der Waals surface area contributed by atoms with Gasteiger partial charge in [-0.15, -0.1) is 0 Å². The zero-order chi connectivity index (χ0) is 15.5. The maximum atomic E-state index is 13.0. The van der Waals surface area contributed by atoms with Crippen LogP contribution in [0, 0.1) is 0 Å². The molecule has 0 amide bonds. The Morgan fingerprint density at radius 3 is 2.30 bits per heavy atom. The number of hydrogen-bond acceptors (Lipinski definition) is 2. The molecule has 2 nitrogen and oxygen atoms in total. The van der Waals surface area contributed by atoms with E-state index in [2.05, 4.69) is 0 Å². The molecule has 1 aromatic carbocycles. The molecule has 0 saturated heterocycles. The van der Waals surface area contributed by atoms with Crippen LogP contribution in [0.15, 0.2) is 18.2 Å². The SMILES string of the molecule is CC(N)Cc1ccc(N(C)CC(F)F)cc1C(F)(F)F. The molecule has 0 aromatic heterocycles. The zero-order valence-electron chi connectivity index (χ0n) is 11.2. The Labute approximate surface area is 114 Å². The van der Waals surface area contributed by atoms with Gasteiger partial charge in [-0.25, -0.2) is 8.78 Å². The van der Waals surface area contributed by atoms with E-state index in [0.29, 0.717) is 0 Å². The summed E-state index contributed by atoms with van der Waals surface area (Å²) in [5.41, 5.74) is 4.87. The number of benzene rings is 1. The summed E-state index contributed by atoms with van der Waals surface area (Å²) in [6.45, 7) is 0.987. The zero-order valence-corrected chi connectivity index (χ0v) is 11.2. The highest BCUT2D eigenvalue weighted by atomic mass is 19.4. The van der Waals surface area contributed by atoms with Gasteiger partial charge in [0, 0.05) is 18.8 Å². The van der Waals surface area contributed by atoms with E-state index in [0.717, 1.165) is 11.0 Å². The molecule has 2 N–H and O–H groups in total. The molecule has 1 rings (SSSR count). The van der Waals surface area contributed by atoms with E-state index >= 15 is 0 Å². The Hall–Kier alpha value is -1.37. The second-order valence-corrected chi connectivity index (χ2v) is 4.79. The molecular weight excluding hydrogens is 279 g/mol. The van der Waals surface area contributed by atoms with Gasteiger partial charge in [-0.2, -0.15) is 13.2 Å². The Kier molecular flexibility index (Phi) is 5.33. The summed E-state index contributed by atoms with van der Waals surface area (Å²) in [5, 5.41) is 0. The van der Waals surface area contributed by atoms with Crippen molar-refractivity contribution in [2.45, 2.75) is 32.0 Å². The molecule has 0 saturated carbocycles. The first kappa shape index (κ1) is 16.7. The van der Waals surface area contributed by atoms with Gasteiger partial charge in [-0.05, 0) is 31.0 Å². The van der Waals surface area contributed by atoms with Crippen LogP contribution in [0.5, 0.6) is 0 Å². The summed E-state index contributed by atoms with van der Waals surface area (Å²) in [7, 11) is 1.33. The summed E-state index contributed by atoms with van der Waals surface area (Å²) in [5.74, 6) is 0. The molecule has 0 radical (unpaired) electrons. The lowest BCUT2D eigenvalue weighted by molar-refractivity contribution is -0.138. The van der Waals surface area contributed by atoms with Crippen molar-refractivity contribution in [3.63, 3.8) is 0 Å². The minimum Gasteiger partial charge on any atom is -0.369 e. The van der Waals surface area contributed by atoms with Gasteiger partial charge in [0.2, 0.25) is 0 Å². The Morgan fingerprint density at radius 1 is 1.25 bits per heavy atom. The van der Waals surface area contributed by atoms with Crippen molar-refractivity contribution in [2.24, 2.45) is 5.73 Å². The topological polar surface area (TPSA) is 29.3 Å². The summed E-state index contributed by atoms with van der Waals surface area (Å²) < 4.78 is 63.5.